The Labute approximate surface area is 167 Å². The van der Waals surface area contributed by atoms with Gasteiger partial charge in [-0.1, -0.05) is 5.16 Å². The number of likely N-dealkylation sites (tertiary alicyclic amines) is 1. The zero-order valence-electron chi connectivity index (χ0n) is 16.9. The minimum atomic E-state index is -3.72. The minimum absolute atomic E-state index is 0.0822. The van der Waals surface area contributed by atoms with Crippen LogP contribution in [0.4, 0.5) is 0 Å². The molecule has 3 rings (SSSR count). The Hall–Kier alpha value is -1.87. The average Bonchev–Trinajstić information content (AvgIpc) is 3.08. The van der Waals surface area contributed by atoms with Gasteiger partial charge < -0.3 is 14.3 Å². The third kappa shape index (κ3) is 4.41. The third-order valence-corrected chi connectivity index (χ3v) is 7.48. The lowest BCUT2D eigenvalue weighted by Crippen LogP contribution is -2.45. The molecule has 1 aromatic rings. The molecule has 2 saturated heterocycles. The largest absolute Gasteiger partial charge is 0.383 e. The van der Waals surface area contributed by atoms with Crippen LogP contribution in [0.15, 0.2) is 15.6 Å². The lowest BCUT2D eigenvalue weighted by Gasteiger charge is -2.35. The van der Waals surface area contributed by atoms with E-state index in [0.29, 0.717) is 31.6 Å². The van der Waals surface area contributed by atoms with Gasteiger partial charge in [-0.3, -0.25) is 4.79 Å². The Kier molecular flexibility index (Phi) is 6.44. The topological polar surface area (TPSA) is 87.0 Å². The van der Waals surface area contributed by atoms with Crippen molar-refractivity contribution in [2.24, 2.45) is 5.92 Å². The first kappa shape index (κ1) is 20.9. The lowest BCUT2D eigenvalue weighted by molar-refractivity contribution is -0.137. The average molecular weight is 411 g/mol. The molecule has 9 heteroatoms. The summed E-state index contributed by atoms with van der Waals surface area (Å²) < 4.78 is 33.1. The minimum Gasteiger partial charge on any atom is -0.383 e. The molecule has 2 fully saturated rings. The second-order valence-electron chi connectivity index (χ2n) is 7.81. The van der Waals surface area contributed by atoms with E-state index in [-0.39, 0.29) is 22.5 Å². The molecular formula is C19H30N4O4S. The fraction of sp³-hybridized carbons (Fsp3) is 0.684. The summed E-state index contributed by atoms with van der Waals surface area (Å²) in [6, 6.07) is 0. The second-order valence-corrected chi connectivity index (χ2v) is 9.68. The highest BCUT2D eigenvalue weighted by atomic mass is 32.2. The van der Waals surface area contributed by atoms with Gasteiger partial charge in [0.15, 0.2) is 10.7 Å². The molecule has 0 N–H and O–H groups in total. The van der Waals surface area contributed by atoms with E-state index < -0.39 is 10.0 Å². The molecule has 2 aliphatic rings. The van der Waals surface area contributed by atoms with E-state index in [1.165, 1.54) is 10.7 Å². The molecule has 0 unspecified atom stereocenters. The summed E-state index contributed by atoms with van der Waals surface area (Å²) in [5.41, 5.74) is 0.352. The first-order valence-corrected chi connectivity index (χ1v) is 11.3. The first-order chi connectivity index (χ1) is 13.3. The molecule has 1 aromatic heterocycles. The van der Waals surface area contributed by atoms with Crippen molar-refractivity contribution in [1.82, 2.24) is 19.3 Å². The van der Waals surface area contributed by atoms with E-state index in [1.54, 1.807) is 24.1 Å². The van der Waals surface area contributed by atoms with Gasteiger partial charge in [-0.25, -0.2) is 8.42 Å². The molecule has 0 spiro atoms. The zero-order valence-corrected chi connectivity index (χ0v) is 17.7. The number of amides is 1. The number of sulfonamides is 1. The van der Waals surface area contributed by atoms with Gasteiger partial charge in [0.05, 0.1) is 0 Å². The van der Waals surface area contributed by atoms with Crippen LogP contribution in [0.25, 0.3) is 6.08 Å². The molecule has 0 aromatic carbocycles. The molecule has 156 valence electrons. The molecule has 0 radical (unpaired) electrons. The van der Waals surface area contributed by atoms with Gasteiger partial charge in [-0.05, 0) is 39.0 Å². The molecule has 0 saturated carbocycles. The number of hydrogen-bond acceptors (Lipinski definition) is 6. The van der Waals surface area contributed by atoms with E-state index in [1.807, 2.05) is 19.0 Å². The monoisotopic (exact) mass is 410 g/mol. The highest BCUT2D eigenvalue weighted by Gasteiger charge is 2.37. The number of carbonyl (C=O) groups is 1. The Morgan fingerprint density at radius 3 is 2.39 bits per heavy atom. The van der Waals surface area contributed by atoms with Gasteiger partial charge in [-0.15, -0.1) is 0 Å². The van der Waals surface area contributed by atoms with Crippen molar-refractivity contribution in [3.8, 4) is 0 Å². The van der Waals surface area contributed by atoms with Crippen LogP contribution < -0.4 is 0 Å². The standard InChI is InChI=1S/C19H30N4O4S/c1-15-18(17(27-20-15)9-12-21(2)3)28(25,26)23-13-7-16(8-14-23)19(24)22-10-5-4-6-11-22/h9,12,16H,4-8,10-11,13-14H2,1-3H3/b12-9+. The molecule has 0 bridgehead atoms. The summed E-state index contributed by atoms with van der Waals surface area (Å²) in [7, 11) is -0.0290. The van der Waals surface area contributed by atoms with Crippen molar-refractivity contribution in [2.75, 3.05) is 40.3 Å². The smallest absolute Gasteiger partial charge is 0.248 e. The van der Waals surface area contributed by atoms with Gasteiger partial charge in [0.2, 0.25) is 15.9 Å². The summed E-state index contributed by atoms with van der Waals surface area (Å²) in [5.74, 6) is 0.339. The maximum absolute atomic E-state index is 13.2. The Balaban J connectivity index is 1.70. The van der Waals surface area contributed by atoms with Crippen LogP contribution in [0.5, 0.6) is 0 Å². The maximum atomic E-state index is 13.2. The number of nitrogens with zero attached hydrogens (tertiary/aromatic N) is 4. The Bertz CT molecular complexity index is 817. The SMILES string of the molecule is Cc1noc(/C=C/N(C)C)c1S(=O)(=O)N1CCC(C(=O)N2CCCCC2)CC1. The fourth-order valence-corrected chi connectivity index (χ4v) is 5.58. The van der Waals surface area contributed by atoms with Crippen LogP contribution >= 0.6 is 0 Å². The quantitative estimate of drug-likeness (QED) is 0.737. The van der Waals surface area contributed by atoms with Crippen LogP contribution in [-0.2, 0) is 14.8 Å². The summed E-state index contributed by atoms with van der Waals surface area (Å²) >= 11 is 0. The zero-order chi connectivity index (χ0) is 20.3. The molecule has 3 heterocycles. The van der Waals surface area contributed by atoms with Crippen LogP contribution in [0.2, 0.25) is 0 Å². The Morgan fingerprint density at radius 2 is 1.79 bits per heavy atom. The molecular weight excluding hydrogens is 380 g/mol. The van der Waals surface area contributed by atoms with E-state index in [4.69, 9.17) is 4.52 Å². The molecule has 28 heavy (non-hydrogen) atoms. The summed E-state index contributed by atoms with van der Waals surface area (Å²) in [4.78, 5) is 16.6. The fourth-order valence-electron chi connectivity index (χ4n) is 3.86. The van der Waals surface area contributed by atoms with Gasteiger partial charge >= 0.3 is 0 Å². The molecule has 1 amide bonds. The van der Waals surface area contributed by atoms with Gasteiger partial charge in [0.25, 0.3) is 0 Å². The summed E-state index contributed by atoms with van der Waals surface area (Å²) in [6.45, 7) is 3.98. The number of aryl methyl sites for hydroxylation is 1. The number of hydrogen-bond donors (Lipinski definition) is 0. The lowest BCUT2D eigenvalue weighted by atomic mass is 9.95. The van der Waals surface area contributed by atoms with Crippen molar-refractivity contribution in [1.29, 1.82) is 0 Å². The summed E-state index contributed by atoms with van der Waals surface area (Å²) in [5, 5.41) is 3.85. The maximum Gasteiger partial charge on any atom is 0.248 e. The predicted molar refractivity (Wildman–Crippen MR) is 106 cm³/mol. The van der Waals surface area contributed by atoms with Gasteiger partial charge in [0.1, 0.15) is 5.69 Å². The first-order valence-electron chi connectivity index (χ1n) is 9.90. The van der Waals surface area contributed by atoms with E-state index in [9.17, 15) is 13.2 Å². The number of carbonyl (C=O) groups excluding carboxylic acids is 1. The van der Waals surface area contributed by atoms with Crippen LogP contribution in [0.3, 0.4) is 0 Å². The van der Waals surface area contributed by atoms with Crippen molar-refractivity contribution in [2.45, 2.75) is 43.9 Å². The molecule has 8 nitrogen and oxygen atoms in total. The third-order valence-electron chi connectivity index (χ3n) is 5.43. The van der Waals surface area contributed by atoms with Crippen molar-refractivity contribution in [3.63, 3.8) is 0 Å². The van der Waals surface area contributed by atoms with E-state index in [0.717, 1.165) is 25.9 Å². The normalized spacial score (nSPS) is 20.0. The van der Waals surface area contributed by atoms with Crippen molar-refractivity contribution >= 4 is 22.0 Å². The highest BCUT2D eigenvalue weighted by Crippen LogP contribution is 2.29. The van der Waals surface area contributed by atoms with Crippen molar-refractivity contribution < 1.29 is 17.7 Å². The molecule has 0 atom stereocenters. The number of piperidine rings is 2. The second kappa shape index (κ2) is 8.65. The number of aromatic nitrogens is 1. The van der Waals surface area contributed by atoms with Crippen LogP contribution in [0, 0.1) is 12.8 Å². The summed E-state index contributed by atoms with van der Waals surface area (Å²) in [6.07, 6.45) is 7.76. The molecule has 0 aliphatic carbocycles. The van der Waals surface area contributed by atoms with Crippen LogP contribution in [0.1, 0.15) is 43.6 Å². The predicted octanol–water partition coefficient (Wildman–Crippen LogP) is 1.93. The number of rotatable bonds is 5. The van der Waals surface area contributed by atoms with Gasteiger partial charge in [0, 0.05) is 58.5 Å². The van der Waals surface area contributed by atoms with E-state index in [2.05, 4.69) is 5.16 Å². The van der Waals surface area contributed by atoms with Gasteiger partial charge in [-0.2, -0.15) is 4.31 Å². The van der Waals surface area contributed by atoms with Crippen molar-refractivity contribution in [3.05, 3.63) is 17.7 Å². The van der Waals surface area contributed by atoms with Crippen LogP contribution in [-0.4, -0.2) is 73.9 Å². The molecule has 2 aliphatic heterocycles. The highest BCUT2D eigenvalue weighted by molar-refractivity contribution is 7.89. The Morgan fingerprint density at radius 1 is 1.14 bits per heavy atom. The van der Waals surface area contributed by atoms with E-state index >= 15 is 0 Å².